The molecule has 0 unspecified atom stereocenters. The molecule has 0 heterocycles. The van der Waals surface area contributed by atoms with Crippen molar-refractivity contribution in [1.82, 2.24) is 0 Å². The largest absolute Gasteiger partial charge is 0.507 e. The highest BCUT2D eigenvalue weighted by atomic mass is 16.3. The molecule has 2 heteroatoms. The van der Waals surface area contributed by atoms with Crippen molar-refractivity contribution >= 4 is 11.9 Å². The Morgan fingerprint density at radius 1 is 0.667 bits per heavy atom. The van der Waals surface area contributed by atoms with Crippen LogP contribution in [0.4, 0.5) is 5.69 Å². The van der Waals surface area contributed by atoms with Crippen molar-refractivity contribution in [2.24, 2.45) is 4.99 Å². The number of phenols is 1. The molecule has 21 heavy (non-hydrogen) atoms. The average Bonchev–Trinajstić information content (AvgIpc) is 2.55. The monoisotopic (exact) mass is 273 g/mol. The predicted molar refractivity (Wildman–Crippen MR) is 87.2 cm³/mol. The lowest BCUT2D eigenvalue weighted by atomic mass is 10.1. The normalized spacial score (nSPS) is 10.9. The fourth-order valence-corrected chi connectivity index (χ4v) is 2.11. The lowest BCUT2D eigenvalue weighted by Gasteiger charge is -2.02. The quantitative estimate of drug-likeness (QED) is 0.682. The van der Waals surface area contributed by atoms with Crippen molar-refractivity contribution in [3.8, 4) is 16.9 Å². The minimum atomic E-state index is 0.238. The summed E-state index contributed by atoms with van der Waals surface area (Å²) in [5, 5.41) is 9.69. The van der Waals surface area contributed by atoms with Crippen molar-refractivity contribution in [1.29, 1.82) is 0 Å². The molecule has 0 amide bonds. The van der Waals surface area contributed by atoms with Crippen molar-refractivity contribution in [2.45, 2.75) is 0 Å². The van der Waals surface area contributed by atoms with E-state index in [9.17, 15) is 5.11 Å². The Morgan fingerprint density at radius 2 is 1.29 bits per heavy atom. The molecule has 0 aliphatic rings. The number of hydrogen-bond acceptors (Lipinski definition) is 2. The first-order chi connectivity index (χ1) is 10.3. The summed E-state index contributed by atoms with van der Waals surface area (Å²) in [6.07, 6.45) is 1.67. The van der Waals surface area contributed by atoms with Gasteiger partial charge in [-0.2, -0.15) is 0 Å². The van der Waals surface area contributed by atoms with Crippen LogP contribution in [-0.2, 0) is 0 Å². The number of aliphatic imine (C=N–C) groups is 1. The molecule has 0 atom stereocenters. The highest BCUT2D eigenvalue weighted by Crippen LogP contribution is 2.22. The van der Waals surface area contributed by atoms with Crippen molar-refractivity contribution in [3.63, 3.8) is 0 Å². The number of phenolic OH excluding ortho intramolecular Hbond substituents is 1. The zero-order valence-electron chi connectivity index (χ0n) is 11.5. The first kappa shape index (κ1) is 13.1. The van der Waals surface area contributed by atoms with Gasteiger partial charge in [0.25, 0.3) is 0 Å². The SMILES string of the molecule is Oc1ccccc1C=Nc1ccc(-c2ccccc2)cc1. The summed E-state index contributed by atoms with van der Waals surface area (Å²) < 4.78 is 0. The van der Waals surface area contributed by atoms with Crippen LogP contribution >= 0.6 is 0 Å². The molecular formula is C19H15NO. The number of benzene rings is 3. The van der Waals surface area contributed by atoms with Crippen LogP contribution in [0, 0.1) is 0 Å². The Hall–Kier alpha value is -2.87. The van der Waals surface area contributed by atoms with Crippen molar-refractivity contribution in [2.75, 3.05) is 0 Å². The Bertz CT molecular complexity index is 746. The summed E-state index contributed by atoms with van der Waals surface area (Å²) in [6.45, 7) is 0. The maximum atomic E-state index is 9.69. The third kappa shape index (κ3) is 3.18. The van der Waals surface area contributed by atoms with Crippen LogP contribution < -0.4 is 0 Å². The van der Waals surface area contributed by atoms with Gasteiger partial charge < -0.3 is 5.11 Å². The van der Waals surface area contributed by atoms with Gasteiger partial charge in [0.1, 0.15) is 5.75 Å². The van der Waals surface area contributed by atoms with Crippen LogP contribution in [0.5, 0.6) is 5.75 Å². The molecule has 0 aliphatic carbocycles. The van der Waals surface area contributed by atoms with E-state index in [0.29, 0.717) is 5.56 Å². The molecular weight excluding hydrogens is 258 g/mol. The zero-order chi connectivity index (χ0) is 14.5. The number of nitrogens with zero attached hydrogens (tertiary/aromatic N) is 1. The molecule has 0 aliphatic heterocycles. The van der Waals surface area contributed by atoms with Gasteiger partial charge >= 0.3 is 0 Å². The first-order valence-electron chi connectivity index (χ1n) is 6.80. The molecule has 3 aromatic rings. The summed E-state index contributed by atoms with van der Waals surface area (Å²) in [5.41, 5.74) is 3.92. The van der Waals surface area contributed by atoms with E-state index in [1.165, 1.54) is 5.56 Å². The maximum Gasteiger partial charge on any atom is 0.124 e. The second-order valence-corrected chi connectivity index (χ2v) is 4.73. The lowest BCUT2D eigenvalue weighted by molar-refractivity contribution is 0.474. The van der Waals surface area contributed by atoms with Crippen LogP contribution in [-0.4, -0.2) is 11.3 Å². The fraction of sp³-hybridized carbons (Fsp3) is 0. The molecule has 0 aromatic heterocycles. The van der Waals surface area contributed by atoms with Crippen LogP contribution in [0.15, 0.2) is 83.9 Å². The van der Waals surface area contributed by atoms with Crippen LogP contribution in [0.25, 0.3) is 11.1 Å². The topological polar surface area (TPSA) is 32.6 Å². The number of para-hydroxylation sites is 1. The van der Waals surface area contributed by atoms with E-state index in [4.69, 9.17) is 0 Å². The molecule has 0 spiro atoms. The molecule has 0 saturated carbocycles. The van der Waals surface area contributed by atoms with Gasteiger partial charge in [-0.3, -0.25) is 4.99 Å². The van der Waals surface area contributed by atoms with Crippen LogP contribution in [0.3, 0.4) is 0 Å². The van der Waals surface area contributed by atoms with Gasteiger partial charge in [-0.15, -0.1) is 0 Å². The number of aromatic hydroxyl groups is 1. The lowest BCUT2D eigenvalue weighted by Crippen LogP contribution is -1.81. The average molecular weight is 273 g/mol. The van der Waals surface area contributed by atoms with E-state index in [1.54, 1.807) is 18.3 Å². The highest BCUT2D eigenvalue weighted by molar-refractivity contribution is 5.85. The van der Waals surface area contributed by atoms with Gasteiger partial charge in [0.05, 0.1) is 5.69 Å². The summed E-state index contributed by atoms with van der Waals surface area (Å²) in [7, 11) is 0. The van der Waals surface area contributed by atoms with E-state index < -0.39 is 0 Å². The summed E-state index contributed by atoms with van der Waals surface area (Å²) in [4.78, 5) is 4.39. The molecule has 0 radical (unpaired) electrons. The minimum absolute atomic E-state index is 0.238. The van der Waals surface area contributed by atoms with Crippen LogP contribution in [0.1, 0.15) is 5.56 Å². The van der Waals surface area contributed by atoms with Gasteiger partial charge in [0.2, 0.25) is 0 Å². The summed E-state index contributed by atoms with van der Waals surface area (Å²) >= 11 is 0. The van der Waals surface area contributed by atoms with Crippen molar-refractivity contribution < 1.29 is 5.11 Å². The van der Waals surface area contributed by atoms with E-state index in [-0.39, 0.29) is 5.75 Å². The Morgan fingerprint density at radius 3 is 2.00 bits per heavy atom. The molecule has 0 bridgehead atoms. The van der Waals surface area contributed by atoms with Gasteiger partial charge in [0.15, 0.2) is 0 Å². The molecule has 0 fully saturated rings. The smallest absolute Gasteiger partial charge is 0.124 e. The molecule has 3 rings (SSSR count). The third-order valence-electron chi connectivity index (χ3n) is 3.26. The Balaban J connectivity index is 1.81. The van der Waals surface area contributed by atoms with E-state index in [2.05, 4.69) is 17.1 Å². The number of rotatable bonds is 3. The molecule has 3 aromatic carbocycles. The second-order valence-electron chi connectivity index (χ2n) is 4.73. The number of hydrogen-bond donors (Lipinski definition) is 1. The van der Waals surface area contributed by atoms with Gasteiger partial charge in [-0.25, -0.2) is 0 Å². The van der Waals surface area contributed by atoms with E-state index in [1.807, 2.05) is 54.6 Å². The van der Waals surface area contributed by atoms with Gasteiger partial charge in [0, 0.05) is 11.8 Å². The molecule has 102 valence electrons. The maximum absolute atomic E-state index is 9.69. The van der Waals surface area contributed by atoms with Crippen molar-refractivity contribution in [3.05, 3.63) is 84.4 Å². The Labute approximate surface area is 124 Å². The third-order valence-corrected chi connectivity index (χ3v) is 3.26. The molecule has 0 saturated heterocycles. The minimum Gasteiger partial charge on any atom is -0.507 e. The van der Waals surface area contributed by atoms with Crippen LogP contribution in [0.2, 0.25) is 0 Å². The zero-order valence-corrected chi connectivity index (χ0v) is 11.5. The molecule has 2 nitrogen and oxygen atoms in total. The molecule has 1 N–H and O–H groups in total. The van der Waals surface area contributed by atoms with Gasteiger partial charge in [-0.1, -0.05) is 54.6 Å². The Kier molecular flexibility index (Phi) is 3.79. The predicted octanol–water partition coefficient (Wildman–Crippen LogP) is 4.81. The van der Waals surface area contributed by atoms with E-state index >= 15 is 0 Å². The summed E-state index contributed by atoms with van der Waals surface area (Å²) in [6, 6.07) is 25.4. The van der Waals surface area contributed by atoms with Gasteiger partial charge in [-0.05, 0) is 35.4 Å². The standard InChI is InChI=1S/C19H15NO/c21-19-9-5-4-8-17(19)14-20-18-12-10-16(11-13-18)15-6-2-1-3-7-15/h1-14,21H. The fourth-order valence-electron chi connectivity index (χ4n) is 2.11. The first-order valence-corrected chi connectivity index (χ1v) is 6.80. The second kappa shape index (κ2) is 6.06. The highest BCUT2D eigenvalue weighted by Gasteiger charge is 1.97. The van der Waals surface area contributed by atoms with E-state index in [0.717, 1.165) is 11.3 Å². The summed E-state index contributed by atoms with van der Waals surface area (Å²) in [5.74, 6) is 0.238.